The van der Waals surface area contributed by atoms with Crippen molar-refractivity contribution in [3.8, 4) is 11.8 Å². The molecule has 98 valence electrons. The van der Waals surface area contributed by atoms with E-state index in [1.165, 1.54) is 11.3 Å². The summed E-state index contributed by atoms with van der Waals surface area (Å²) in [5.41, 5.74) is 0. The Bertz CT molecular complexity index is 443. The van der Waals surface area contributed by atoms with E-state index in [9.17, 15) is 4.79 Å². The highest BCUT2D eigenvalue weighted by atomic mass is 32.1. The molecule has 0 spiro atoms. The van der Waals surface area contributed by atoms with E-state index in [-0.39, 0.29) is 12.5 Å². The van der Waals surface area contributed by atoms with Gasteiger partial charge in [0.15, 0.2) is 0 Å². The molecule has 5 heteroatoms. The van der Waals surface area contributed by atoms with E-state index < -0.39 is 0 Å². The second kappa shape index (κ2) is 7.88. The molecule has 0 unspecified atom stereocenters. The predicted molar refractivity (Wildman–Crippen MR) is 73.8 cm³/mol. The van der Waals surface area contributed by atoms with Crippen molar-refractivity contribution < 1.29 is 9.90 Å². The number of nitrogens with zero attached hydrogens (tertiary/aromatic N) is 1. The van der Waals surface area contributed by atoms with Crippen LogP contribution in [0.5, 0.6) is 0 Å². The Hall–Kier alpha value is -1.35. The van der Waals surface area contributed by atoms with Gasteiger partial charge in [-0.25, -0.2) is 0 Å². The summed E-state index contributed by atoms with van der Waals surface area (Å²) in [4.78, 5) is 15.3. The van der Waals surface area contributed by atoms with Crippen LogP contribution in [0.25, 0.3) is 0 Å². The molecule has 0 aliphatic heterocycles. The lowest BCUT2D eigenvalue weighted by molar-refractivity contribution is 0.0956. The number of thiophene rings is 1. The number of hydrogen-bond donors (Lipinski definition) is 2. The number of hydrogen-bond acceptors (Lipinski definition) is 4. The molecule has 1 rings (SSSR count). The molecule has 0 atom stereocenters. The second-order valence-electron chi connectivity index (χ2n) is 4.04. The van der Waals surface area contributed by atoms with Crippen LogP contribution in [0.1, 0.15) is 21.0 Å². The maximum absolute atomic E-state index is 11.8. The molecule has 2 N–H and O–H groups in total. The van der Waals surface area contributed by atoms with Crippen LogP contribution in [0.3, 0.4) is 0 Å². The monoisotopic (exact) mass is 266 g/mol. The highest BCUT2D eigenvalue weighted by Crippen LogP contribution is 2.14. The highest BCUT2D eigenvalue weighted by Gasteiger charge is 2.07. The maximum atomic E-state index is 11.8. The number of carbonyl (C=O) groups is 1. The number of aliphatic hydroxyl groups excluding tert-OH is 1. The van der Waals surface area contributed by atoms with Gasteiger partial charge in [-0.1, -0.05) is 11.8 Å². The summed E-state index contributed by atoms with van der Waals surface area (Å²) in [7, 11) is 4.01. The smallest absolute Gasteiger partial charge is 0.261 e. The molecule has 0 aliphatic carbocycles. The zero-order chi connectivity index (χ0) is 13.4. The number of nitrogens with one attached hydrogen (secondary N) is 1. The molecule has 0 saturated carbocycles. The highest BCUT2D eigenvalue weighted by molar-refractivity contribution is 7.14. The zero-order valence-electron chi connectivity index (χ0n) is 10.7. The first-order valence-corrected chi connectivity index (χ1v) is 6.57. The fraction of sp³-hybridized carbons (Fsp3) is 0.462. The van der Waals surface area contributed by atoms with Gasteiger partial charge in [0.2, 0.25) is 0 Å². The van der Waals surface area contributed by atoms with Gasteiger partial charge in [0.05, 0.1) is 9.75 Å². The van der Waals surface area contributed by atoms with Crippen molar-refractivity contribution >= 4 is 17.2 Å². The summed E-state index contributed by atoms with van der Waals surface area (Å²) in [6.07, 6.45) is 0.932. The van der Waals surface area contributed by atoms with Crippen LogP contribution in [0.4, 0.5) is 0 Å². The van der Waals surface area contributed by atoms with Crippen molar-refractivity contribution in [2.24, 2.45) is 0 Å². The summed E-state index contributed by atoms with van der Waals surface area (Å²) in [6.45, 7) is 1.47. The van der Waals surface area contributed by atoms with E-state index in [4.69, 9.17) is 5.11 Å². The molecule has 0 aromatic carbocycles. The number of aliphatic hydroxyl groups is 1. The van der Waals surface area contributed by atoms with Gasteiger partial charge in [-0.15, -0.1) is 11.3 Å². The summed E-state index contributed by atoms with van der Waals surface area (Å²) >= 11 is 1.34. The molecular formula is C13H18N2O2S. The van der Waals surface area contributed by atoms with Crippen molar-refractivity contribution in [1.82, 2.24) is 10.2 Å². The Balaban J connectivity index is 2.40. The number of amides is 1. The molecule has 0 aliphatic rings. The lowest BCUT2D eigenvalue weighted by atomic mass is 10.3. The maximum Gasteiger partial charge on any atom is 0.261 e. The van der Waals surface area contributed by atoms with E-state index in [0.717, 1.165) is 17.8 Å². The van der Waals surface area contributed by atoms with Gasteiger partial charge in [-0.3, -0.25) is 4.79 Å². The fourth-order valence-electron chi connectivity index (χ4n) is 1.34. The van der Waals surface area contributed by atoms with Crippen molar-refractivity contribution in [3.05, 3.63) is 21.9 Å². The number of carbonyl (C=O) groups excluding carboxylic acids is 1. The topological polar surface area (TPSA) is 52.6 Å². The van der Waals surface area contributed by atoms with Crippen LogP contribution in [-0.4, -0.2) is 49.7 Å². The van der Waals surface area contributed by atoms with Gasteiger partial charge in [0.25, 0.3) is 5.91 Å². The zero-order valence-corrected chi connectivity index (χ0v) is 11.5. The van der Waals surface area contributed by atoms with Gasteiger partial charge in [0.1, 0.15) is 6.61 Å². The Morgan fingerprint density at radius 1 is 1.50 bits per heavy atom. The van der Waals surface area contributed by atoms with Crippen LogP contribution in [-0.2, 0) is 0 Å². The molecule has 1 amide bonds. The Labute approximate surface area is 112 Å². The SMILES string of the molecule is CN(C)CCCNC(=O)c1ccc(C#CCO)s1. The molecule has 1 heterocycles. The molecule has 1 aromatic heterocycles. The van der Waals surface area contributed by atoms with E-state index in [0.29, 0.717) is 11.4 Å². The van der Waals surface area contributed by atoms with Gasteiger partial charge < -0.3 is 15.3 Å². The van der Waals surface area contributed by atoms with Crippen molar-refractivity contribution in [3.63, 3.8) is 0 Å². The molecule has 0 saturated heterocycles. The standard InChI is InChI=1S/C13H18N2O2S/c1-15(2)9-4-8-14-13(17)12-7-6-11(18-12)5-3-10-16/h6-7,16H,4,8-10H2,1-2H3,(H,14,17). The third-order valence-corrected chi connectivity index (χ3v) is 3.19. The molecule has 1 aromatic rings. The molecule has 0 radical (unpaired) electrons. The summed E-state index contributed by atoms with van der Waals surface area (Å²) in [5.74, 6) is 5.28. The average Bonchev–Trinajstić information content (AvgIpc) is 2.80. The molecule has 0 fully saturated rings. The predicted octanol–water partition coefficient (Wildman–Crippen LogP) is 0.773. The lowest BCUT2D eigenvalue weighted by Crippen LogP contribution is -2.26. The van der Waals surface area contributed by atoms with E-state index in [2.05, 4.69) is 22.1 Å². The first-order valence-electron chi connectivity index (χ1n) is 5.76. The number of rotatable bonds is 5. The Morgan fingerprint density at radius 2 is 2.28 bits per heavy atom. The molecule has 0 bridgehead atoms. The largest absolute Gasteiger partial charge is 0.384 e. The van der Waals surface area contributed by atoms with Crippen LogP contribution in [0, 0.1) is 11.8 Å². The van der Waals surface area contributed by atoms with Crippen molar-refractivity contribution in [2.45, 2.75) is 6.42 Å². The summed E-state index contributed by atoms with van der Waals surface area (Å²) < 4.78 is 0. The first kappa shape index (κ1) is 14.7. The molecular weight excluding hydrogens is 248 g/mol. The quantitative estimate of drug-likeness (QED) is 0.611. The third kappa shape index (κ3) is 5.32. The third-order valence-electron chi connectivity index (χ3n) is 2.19. The first-order chi connectivity index (χ1) is 8.63. The van der Waals surface area contributed by atoms with Gasteiger partial charge >= 0.3 is 0 Å². The van der Waals surface area contributed by atoms with Crippen LogP contribution in [0.15, 0.2) is 12.1 Å². The van der Waals surface area contributed by atoms with Crippen LogP contribution >= 0.6 is 11.3 Å². The van der Waals surface area contributed by atoms with E-state index >= 15 is 0 Å². The van der Waals surface area contributed by atoms with E-state index in [1.54, 1.807) is 12.1 Å². The average molecular weight is 266 g/mol. The summed E-state index contributed by atoms with van der Waals surface area (Å²) in [5, 5.41) is 11.5. The molecule has 4 nitrogen and oxygen atoms in total. The second-order valence-corrected chi connectivity index (χ2v) is 5.12. The fourth-order valence-corrected chi connectivity index (χ4v) is 2.14. The minimum absolute atomic E-state index is 0.0594. The van der Waals surface area contributed by atoms with Crippen LogP contribution < -0.4 is 5.32 Å². The minimum Gasteiger partial charge on any atom is -0.384 e. The summed E-state index contributed by atoms with van der Waals surface area (Å²) in [6, 6.07) is 3.55. The minimum atomic E-state index is -0.163. The lowest BCUT2D eigenvalue weighted by Gasteiger charge is -2.09. The molecule has 18 heavy (non-hydrogen) atoms. The van der Waals surface area contributed by atoms with Crippen LogP contribution in [0.2, 0.25) is 0 Å². The van der Waals surface area contributed by atoms with Crippen molar-refractivity contribution in [2.75, 3.05) is 33.8 Å². The van der Waals surface area contributed by atoms with Gasteiger partial charge in [-0.2, -0.15) is 0 Å². The Morgan fingerprint density at radius 3 is 2.94 bits per heavy atom. The van der Waals surface area contributed by atoms with Crippen molar-refractivity contribution in [1.29, 1.82) is 0 Å². The van der Waals surface area contributed by atoms with E-state index in [1.807, 2.05) is 14.1 Å². The normalized spacial score (nSPS) is 10.0. The Kier molecular flexibility index (Phi) is 6.44. The van der Waals surface area contributed by atoms with Gasteiger partial charge in [0, 0.05) is 6.54 Å². The van der Waals surface area contributed by atoms with Gasteiger partial charge in [-0.05, 0) is 39.2 Å².